The lowest BCUT2D eigenvalue weighted by atomic mass is 9.98. The zero-order chi connectivity index (χ0) is 14.8. The second-order valence-electron chi connectivity index (χ2n) is 4.96. The van der Waals surface area contributed by atoms with Crippen molar-refractivity contribution in [1.82, 2.24) is 4.90 Å². The summed E-state index contributed by atoms with van der Waals surface area (Å²) in [5.41, 5.74) is -0.447. The van der Waals surface area contributed by atoms with Crippen molar-refractivity contribution in [2.45, 2.75) is 19.0 Å². The average molecular weight is 306 g/mol. The summed E-state index contributed by atoms with van der Waals surface area (Å²) in [6.45, 7) is 1.22. The van der Waals surface area contributed by atoms with E-state index >= 15 is 0 Å². The summed E-state index contributed by atoms with van der Waals surface area (Å²) in [7, 11) is 0. The number of likely N-dealkylation sites (tertiary alicyclic amines) is 1. The van der Waals surface area contributed by atoms with Crippen LogP contribution in [0.4, 0.5) is 13.2 Å². The molecule has 20 heavy (non-hydrogen) atoms. The number of carbonyl (C=O) groups is 1. The van der Waals surface area contributed by atoms with Gasteiger partial charge in [-0.2, -0.15) is 13.2 Å². The summed E-state index contributed by atoms with van der Waals surface area (Å²) in [6.07, 6.45) is -2.69. The van der Waals surface area contributed by atoms with Gasteiger partial charge in [-0.15, -0.1) is 11.6 Å². The molecule has 0 saturated carbocycles. The van der Waals surface area contributed by atoms with Crippen LogP contribution in [-0.2, 0) is 6.18 Å². The second-order valence-corrected chi connectivity index (χ2v) is 5.27. The fraction of sp³-hybridized carbons (Fsp3) is 0.500. The molecule has 1 aromatic carbocycles. The molecule has 0 aromatic heterocycles. The minimum atomic E-state index is -4.37. The standard InChI is InChI=1S/C14H15ClF3NO/c15-9-10-5-7-19(8-6-10)13(20)11-1-3-12(4-2-11)14(16,17)18/h1-4,10H,5-9H2. The first-order valence-corrected chi connectivity index (χ1v) is 6.98. The summed E-state index contributed by atoms with van der Waals surface area (Å²) in [4.78, 5) is 13.8. The number of benzene rings is 1. The van der Waals surface area contributed by atoms with Crippen LogP contribution in [0.25, 0.3) is 0 Å². The van der Waals surface area contributed by atoms with Gasteiger partial charge in [-0.3, -0.25) is 4.79 Å². The highest BCUT2D eigenvalue weighted by Gasteiger charge is 2.30. The highest BCUT2D eigenvalue weighted by Crippen LogP contribution is 2.29. The van der Waals surface area contributed by atoms with Crippen LogP contribution in [-0.4, -0.2) is 29.8 Å². The van der Waals surface area contributed by atoms with Gasteiger partial charge in [0.15, 0.2) is 0 Å². The molecule has 0 atom stereocenters. The maximum absolute atomic E-state index is 12.4. The molecule has 1 amide bonds. The molecule has 1 aromatic rings. The van der Waals surface area contributed by atoms with E-state index in [1.165, 1.54) is 12.1 Å². The first kappa shape index (κ1) is 15.2. The molecule has 1 fully saturated rings. The molecule has 0 aliphatic carbocycles. The molecule has 6 heteroatoms. The third-order valence-corrected chi connectivity index (χ3v) is 4.02. The smallest absolute Gasteiger partial charge is 0.339 e. The van der Waals surface area contributed by atoms with Crippen molar-refractivity contribution in [3.8, 4) is 0 Å². The lowest BCUT2D eigenvalue weighted by Gasteiger charge is -2.31. The lowest BCUT2D eigenvalue weighted by Crippen LogP contribution is -2.38. The number of alkyl halides is 4. The van der Waals surface area contributed by atoms with E-state index in [4.69, 9.17) is 11.6 Å². The molecule has 2 rings (SSSR count). The Balaban J connectivity index is 2.03. The van der Waals surface area contributed by atoms with Crippen LogP contribution < -0.4 is 0 Å². The number of nitrogens with zero attached hydrogens (tertiary/aromatic N) is 1. The summed E-state index contributed by atoms with van der Waals surface area (Å²) >= 11 is 5.77. The van der Waals surface area contributed by atoms with Crippen molar-refractivity contribution in [3.05, 3.63) is 35.4 Å². The Morgan fingerprint density at radius 1 is 1.20 bits per heavy atom. The van der Waals surface area contributed by atoms with Crippen LogP contribution >= 0.6 is 11.6 Å². The molecular weight excluding hydrogens is 291 g/mol. The number of hydrogen-bond donors (Lipinski definition) is 0. The second kappa shape index (κ2) is 6.04. The monoisotopic (exact) mass is 305 g/mol. The third kappa shape index (κ3) is 3.45. The molecule has 2 nitrogen and oxygen atoms in total. The van der Waals surface area contributed by atoms with Crippen LogP contribution in [0.5, 0.6) is 0 Å². The molecule has 1 saturated heterocycles. The molecule has 0 spiro atoms. The zero-order valence-corrected chi connectivity index (χ0v) is 11.5. The number of halogens is 4. The molecule has 0 N–H and O–H groups in total. The summed E-state index contributed by atoms with van der Waals surface area (Å²) in [5.74, 6) is 0.794. The molecule has 110 valence electrons. The van der Waals surface area contributed by atoms with Gasteiger partial charge >= 0.3 is 6.18 Å². The van der Waals surface area contributed by atoms with Crippen LogP contribution in [0, 0.1) is 5.92 Å². The highest BCUT2D eigenvalue weighted by molar-refractivity contribution is 6.18. The van der Waals surface area contributed by atoms with Gasteiger partial charge in [0.2, 0.25) is 0 Å². The van der Waals surface area contributed by atoms with E-state index in [-0.39, 0.29) is 5.91 Å². The Labute approximate surface area is 120 Å². The van der Waals surface area contributed by atoms with Crippen LogP contribution in [0.2, 0.25) is 0 Å². The maximum atomic E-state index is 12.4. The number of amides is 1. The van der Waals surface area contributed by atoms with Crippen molar-refractivity contribution in [1.29, 1.82) is 0 Å². The van der Waals surface area contributed by atoms with E-state index in [1.54, 1.807) is 4.90 Å². The molecule has 1 aliphatic heterocycles. The number of hydrogen-bond acceptors (Lipinski definition) is 1. The Bertz CT molecular complexity index is 464. The first-order valence-electron chi connectivity index (χ1n) is 6.44. The van der Waals surface area contributed by atoms with E-state index < -0.39 is 11.7 Å². The summed E-state index contributed by atoms with van der Waals surface area (Å²) in [5, 5.41) is 0. The minimum Gasteiger partial charge on any atom is -0.339 e. The molecule has 0 unspecified atom stereocenters. The first-order chi connectivity index (χ1) is 9.41. The Morgan fingerprint density at radius 3 is 2.20 bits per heavy atom. The number of piperidine rings is 1. The topological polar surface area (TPSA) is 20.3 Å². The van der Waals surface area contributed by atoms with Gasteiger partial charge in [-0.05, 0) is 43.0 Å². The van der Waals surface area contributed by atoms with E-state index in [2.05, 4.69) is 0 Å². The van der Waals surface area contributed by atoms with Crippen molar-refractivity contribution < 1.29 is 18.0 Å². The van der Waals surface area contributed by atoms with E-state index in [0.717, 1.165) is 25.0 Å². The third-order valence-electron chi connectivity index (χ3n) is 3.58. The molecule has 0 bridgehead atoms. The van der Waals surface area contributed by atoms with Gasteiger partial charge in [0.25, 0.3) is 5.91 Å². The SMILES string of the molecule is O=C(c1ccc(C(F)(F)F)cc1)N1CCC(CCl)CC1. The van der Waals surface area contributed by atoms with Gasteiger partial charge < -0.3 is 4.90 Å². The largest absolute Gasteiger partial charge is 0.416 e. The Morgan fingerprint density at radius 2 is 1.75 bits per heavy atom. The van der Waals surface area contributed by atoms with Crippen LogP contribution in [0.1, 0.15) is 28.8 Å². The van der Waals surface area contributed by atoms with E-state index in [0.29, 0.717) is 30.5 Å². The quantitative estimate of drug-likeness (QED) is 0.761. The Hall–Kier alpha value is -1.23. The van der Waals surface area contributed by atoms with Gasteiger partial charge in [-0.25, -0.2) is 0 Å². The predicted octanol–water partition coefficient (Wildman–Crippen LogP) is 3.80. The summed E-state index contributed by atoms with van der Waals surface area (Å²) < 4.78 is 37.3. The molecule has 1 heterocycles. The van der Waals surface area contributed by atoms with Crippen LogP contribution in [0.3, 0.4) is 0 Å². The van der Waals surface area contributed by atoms with Crippen molar-refractivity contribution >= 4 is 17.5 Å². The number of carbonyl (C=O) groups excluding carboxylic acids is 1. The highest BCUT2D eigenvalue weighted by atomic mass is 35.5. The molecule has 1 aliphatic rings. The number of rotatable bonds is 2. The van der Waals surface area contributed by atoms with E-state index in [1.807, 2.05) is 0 Å². The van der Waals surface area contributed by atoms with Gasteiger partial charge in [-0.1, -0.05) is 0 Å². The van der Waals surface area contributed by atoms with Crippen LogP contribution in [0.15, 0.2) is 24.3 Å². The average Bonchev–Trinajstić information content (AvgIpc) is 2.46. The lowest BCUT2D eigenvalue weighted by molar-refractivity contribution is -0.137. The zero-order valence-electron chi connectivity index (χ0n) is 10.8. The van der Waals surface area contributed by atoms with Crippen molar-refractivity contribution in [2.75, 3.05) is 19.0 Å². The Kier molecular flexibility index (Phi) is 4.58. The predicted molar refractivity (Wildman–Crippen MR) is 70.8 cm³/mol. The van der Waals surface area contributed by atoms with Crippen molar-refractivity contribution in [2.24, 2.45) is 5.92 Å². The van der Waals surface area contributed by atoms with Gasteiger partial charge in [0, 0.05) is 24.5 Å². The molecule has 0 radical (unpaired) electrons. The summed E-state index contributed by atoms with van der Waals surface area (Å²) in [6, 6.07) is 4.36. The minimum absolute atomic E-state index is 0.216. The van der Waals surface area contributed by atoms with E-state index in [9.17, 15) is 18.0 Å². The fourth-order valence-corrected chi connectivity index (χ4v) is 2.58. The normalized spacial score (nSPS) is 17.3. The van der Waals surface area contributed by atoms with Crippen molar-refractivity contribution in [3.63, 3.8) is 0 Å². The fourth-order valence-electron chi connectivity index (χ4n) is 2.27. The van der Waals surface area contributed by atoms with Gasteiger partial charge in [0.1, 0.15) is 0 Å². The van der Waals surface area contributed by atoms with Gasteiger partial charge in [0.05, 0.1) is 5.56 Å². The molecular formula is C14H15ClF3NO. The maximum Gasteiger partial charge on any atom is 0.416 e.